The predicted molar refractivity (Wildman–Crippen MR) is 79.3 cm³/mol. The standard InChI is InChI=1S/C16H24N2O2/c1-3-14(12-6-4-11(2)5-7-12)18-16(19)15-9-8-13(10-17)20-15/h4-7,13-15H,3,8-10,17H2,1-2H3,(H,18,19)/t13-,14?,15+/m1/s1. The van der Waals surface area contributed by atoms with Gasteiger partial charge in [0.15, 0.2) is 0 Å². The first-order valence-electron chi connectivity index (χ1n) is 7.36. The summed E-state index contributed by atoms with van der Waals surface area (Å²) in [6.07, 6.45) is 2.18. The second kappa shape index (κ2) is 6.86. The minimum Gasteiger partial charge on any atom is -0.364 e. The molecule has 0 bridgehead atoms. The fraction of sp³-hybridized carbons (Fsp3) is 0.562. The maximum atomic E-state index is 12.2. The highest BCUT2D eigenvalue weighted by molar-refractivity contribution is 5.81. The van der Waals surface area contributed by atoms with E-state index in [0.717, 1.165) is 24.8 Å². The maximum Gasteiger partial charge on any atom is 0.249 e. The first-order chi connectivity index (χ1) is 9.63. The van der Waals surface area contributed by atoms with Crippen LogP contribution in [0.3, 0.4) is 0 Å². The van der Waals surface area contributed by atoms with Crippen molar-refractivity contribution in [1.82, 2.24) is 5.32 Å². The minimum absolute atomic E-state index is 0.0200. The lowest BCUT2D eigenvalue weighted by molar-refractivity contribution is -0.132. The second-order valence-electron chi connectivity index (χ2n) is 5.44. The number of benzene rings is 1. The Labute approximate surface area is 120 Å². The molecule has 1 heterocycles. The number of nitrogens with two attached hydrogens (primary N) is 1. The molecular weight excluding hydrogens is 252 g/mol. The zero-order valence-electron chi connectivity index (χ0n) is 12.3. The number of carbonyl (C=O) groups is 1. The molecule has 3 N–H and O–H groups in total. The van der Waals surface area contributed by atoms with E-state index in [4.69, 9.17) is 10.5 Å². The molecule has 0 radical (unpaired) electrons. The van der Waals surface area contributed by atoms with E-state index in [-0.39, 0.29) is 24.2 Å². The number of rotatable bonds is 5. The van der Waals surface area contributed by atoms with Crippen LogP contribution in [-0.4, -0.2) is 24.7 Å². The lowest BCUT2D eigenvalue weighted by Gasteiger charge is -2.20. The number of carbonyl (C=O) groups excluding carboxylic acids is 1. The molecule has 110 valence electrons. The van der Waals surface area contributed by atoms with E-state index >= 15 is 0 Å². The largest absolute Gasteiger partial charge is 0.364 e. The summed E-state index contributed by atoms with van der Waals surface area (Å²) < 4.78 is 5.64. The summed E-state index contributed by atoms with van der Waals surface area (Å²) in [5.74, 6) is -0.0200. The third-order valence-electron chi connectivity index (χ3n) is 3.87. The van der Waals surface area contributed by atoms with E-state index in [9.17, 15) is 4.79 Å². The van der Waals surface area contributed by atoms with Gasteiger partial charge in [-0.2, -0.15) is 0 Å². The van der Waals surface area contributed by atoms with Crippen LogP contribution in [0.15, 0.2) is 24.3 Å². The maximum absolute atomic E-state index is 12.2. The van der Waals surface area contributed by atoms with Crippen molar-refractivity contribution in [2.75, 3.05) is 6.54 Å². The molecule has 3 atom stereocenters. The summed E-state index contributed by atoms with van der Waals surface area (Å²) >= 11 is 0. The second-order valence-corrected chi connectivity index (χ2v) is 5.44. The Morgan fingerprint density at radius 2 is 2.10 bits per heavy atom. The van der Waals surface area contributed by atoms with Crippen molar-refractivity contribution in [3.05, 3.63) is 35.4 Å². The smallest absolute Gasteiger partial charge is 0.249 e. The Hall–Kier alpha value is -1.39. The SMILES string of the molecule is CCC(NC(=O)[C@@H]1CC[C@H](CN)O1)c1ccc(C)cc1. The summed E-state index contributed by atoms with van der Waals surface area (Å²) in [7, 11) is 0. The summed E-state index contributed by atoms with van der Waals surface area (Å²) in [5, 5.41) is 3.08. The van der Waals surface area contributed by atoms with Gasteiger partial charge in [-0.3, -0.25) is 4.79 Å². The molecule has 1 fully saturated rings. The summed E-state index contributed by atoms with van der Waals surface area (Å²) in [6.45, 7) is 4.62. The van der Waals surface area contributed by atoms with Crippen LogP contribution >= 0.6 is 0 Å². The molecule has 1 amide bonds. The molecule has 1 aromatic rings. The van der Waals surface area contributed by atoms with Gasteiger partial charge in [0.1, 0.15) is 6.10 Å². The van der Waals surface area contributed by atoms with Crippen LogP contribution < -0.4 is 11.1 Å². The molecule has 2 rings (SSSR count). The number of hydrogen-bond acceptors (Lipinski definition) is 3. The molecule has 4 heteroatoms. The third kappa shape index (κ3) is 3.58. The average Bonchev–Trinajstić information content (AvgIpc) is 2.94. The van der Waals surface area contributed by atoms with Gasteiger partial charge in [-0.05, 0) is 31.7 Å². The van der Waals surface area contributed by atoms with Crippen LogP contribution in [0, 0.1) is 6.92 Å². The van der Waals surface area contributed by atoms with Gasteiger partial charge in [-0.1, -0.05) is 36.8 Å². The van der Waals surface area contributed by atoms with Gasteiger partial charge in [-0.25, -0.2) is 0 Å². The van der Waals surface area contributed by atoms with E-state index in [1.807, 2.05) is 0 Å². The summed E-state index contributed by atoms with van der Waals surface area (Å²) in [4.78, 5) is 12.2. The van der Waals surface area contributed by atoms with Gasteiger partial charge >= 0.3 is 0 Å². The molecule has 1 aliphatic heterocycles. The lowest BCUT2D eigenvalue weighted by Crippen LogP contribution is -2.37. The van der Waals surface area contributed by atoms with Crippen LogP contribution in [0.4, 0.5) is 0 Å². The molecule has 1 aromatic carbocycles. The Morgan fingerprint density at radius 3 is 2.65 bits per heavy atom. The van der Waals surface area contributed by atoms with Gasteiger partial charge in [0.25, 0.3) is 0 Å². The van der Waals surface area contributed by atoms with E-state index in [1.54, 1.807) is 0 Å². The molecule has 20 heavy (non-hydrogen) atoms. The van der Waals surface area contributed by atoms with Crippen LogP contribution in [-0.2, 0) is 9.53 Å². The zero-order valence-corrected chi connectivity index (χ0v) is 12.3. The highest BCUT2D eigenvalue weighted by atomic mass is 16.5. The van der Waals surface area contributed by atoms with Crippen molar-refractivity contribution in [2.45, 2.75) is 51.4 Å². The topological polar surface area (TPSA) is 64.4 Å². The Bertz CT molecular complexity index is 444. The molecular formula is C16H24N2O2. The normalized spacial score (nSPS) is 23.6. The van der Waals surface area contributed by atoms with Crippen molar-refractivity contribution >= 4 is 5.91 Å². The van der Waals surface area contributed by atoms with E-state index in [0.29, 0.717) is 6.54 Å². The fourth-order valence-electron chi connectivity index (χ4n) is 2.56. The number of hydrogen-bond donors (Lipinski definition) is 2. The summed E-state index contributed by atoms with van der Waals surface area (Å²) in [5.41, 5.74) is 7.93. The molecule has 1 unspecified atom stereocenters. The quantitative estimate of drug-likeness (QED) is 0.865. The van der Waals surface area contributed by atoms with Crippen molar-refractivity contribution in [2.24, 2.45) is 5.73 Å². The van der Waals surface area contributed by atoms with Crippen molar-refractivity contribution in [3.63, 3.8) is 0 Å². The number of amides is 1. The van der Waals surface area contributed by atoms with Crippen LogP contribution in [0.25, 0.3) is 0 Å². The van der Waals surface area contributed by atoms with Gasteiger partial charge < -0.3 is 15.8 Å². The van der Waals surface area contributed by atoms with Crippen LogP contribution in [0.1, 0.15) is 43.4 Å². The molecule has 1 aliphatic rings. The Morgan fingerprint density at radius 1 is 1.40 bits per heavy atom. The number of nitrogens with one attached hydrogen (secondary N) is 1. The molecule has 0 aliphatic carbocycles. The van der Waals surface area contributed by atoms with E-state index in [1.165, 1.54) is 5.56 Å². The van der Waals surface area contributed by atoms with Crippen molar-refractivity contribution in [1.29, 1.82) is 0 Å². The Balaban J connectivity index is 1.96. The third-order valence-corrected chi connectivity index (χ3v) is 3.87. The minimum atomic E-state index is -0.344. The number of aryl methyl sites for hydroxylation is 1. The van der Waals surface area contributed by atoms with Gasteiger partial charge in [0.05, 0.1) is 12.1 Å². The van der Waals surface area contributed by atoms with Gasteiger partial charge in [0.2, 0.25) is 5.91 Å². The fourth-order valence-corrected chi connectivity index (χ4v) is 2.56. The molecule has 0 aromatic heterocycles. The van der Waals surface area contributed by atoms with E-state index < -0.39 is 0 Å². The first kappa shape index (κ1) is 15.0. The van der Waals surface area contributed by atoms with Crippen molar-refractivity contribution < 1.29 is 9.53 Å². The monoisotopic (exact) mass is 276 g/mol. The van der Waals surface area contributed by atoms with E-state index in [2.05, 4.69) is 43.4 Å². The van der Waals surface area contributed by atoms with Crippen molar-refractivity contribution in [3.8, 4) is 0 Å². The van der Waals surface area contributed by atoms with Gasteiger partial charge in [0, 0.05) is 6.54 Å². The van der Waals surface area contributed by atoms with Crippen LogP contribution in [0.5, 0.6) is 0 Å². The van der Waals surface area contributed by atoms with Gasteiger partial charge in [-0.15, -0.1) is 0 Å². The number of ether oxygens (including phenoxy) is 1. The first-order valence-corrected chi connectivity index (χ1v) is 7.36. The molecule has 1 saturated heterocycles. The average molecular weight is 276 g/mol. The molecule has 0 saturated carbocycles. The molecule has 0 spiro atoms. The predicted octanol–water partition coefficient (Wildman–Crippen LogP) is 2.07. The van der Waals surface area contributed by atoms with Crippen LogP contribution in [0.2, 0.25) is 0 Å². The highest BCUT2D eigenvalue weighted by Crippen LogP contribution is 2.22. The highest BCUT2D eigenvalue weighted by Gasteiger charge is 2.30. The Kier molecular flexibility index (Phi) is 5.15. The lowest BCUT2D eigenvalue weighted by atomic mass is 10.0. The summed E-state index contributed by atoms with van der Waals surface area (Å²) in [6, 6.07) is 8.33. The zero-order chi connectivity index (χ0) is 14.5. The molecule has 4 nitrogen and oxygen atoms in total.